The number of benzene rings is 1. The number of piperidine rings is 1. The summed E-state index contributed by atoms with van der Waals surface area (Å²) in [5.74, 6) is -0.832. The molecule has 3 rings (SSSR count). The van der Waals surface area contributed by atoms with Crippen molar-refractivity contribution in [3.63, 3.8) is 0 Å². The number of rotatable bonds is 5. The predicted octanol–water partition coefficient (Wildman–Crippen LogP) is 2.51. The van der Waals surface area contributed by atoms with Gasteiger partial charge in [-0.15, -0.1) is 0 Å². The molecule has 2 unspecified atom stereocenters. The van der Waals surface area contributed by atoms with Crippen LogP contribution in [0, 0.1) is 17.6 Å². The molecule has 2 fully saturated rings. The lowest BCUT2D eigenvalue weighted by Gasteiger charge is -2.38. The molecule has 2 atom stereocenters. The van der Waals surface area contributed by atoms with Crippen molar-refractivity contribution in [2.45, 2.75) is 25.4 Å². The highest BCUT2D eigenvalue weighted by Crippen LogP contribution is 2.31. The summed E-state index contributed by atoms with van der Waals surface area (Å²) in [6.45, 7) is 5.73. The zero-order valence-electron chi connectivity index (χ0n) is 13.1. The van der Waals surface area contributed by atoms with E-state index in [4.69, 9.17) is 4.74 Å². The minimum atomic E-state index is -0.771. The Morgan fingerprint density at radius 1 is 1.18 bits per heavy atom. The predicted molar refractivity (Wildman–Crippen MR) is 81.6 cm³/mol. The largest absolute Gasteiger partial charge is 0.383 e. The van der Waals surface area contributed by atoms with Crippen LogP contribution in [-0.2, 0) is 11.3 Å². The Labute approximate surface area is 130 Å². The molecule has 0 bridgehead atoms. The van der Waals surface area contributed by atoms with E-state index in [0.717, 1.165) is 44.8 Å². The summed E-state index contributed by atoms with van der Waals surface area (Å²) >= 11 is 0. The topological polar surface area (TPSA) is 15.7 Å². The zero-order chi connectivity index (χ0) is 15.5. The van der Waals surface area contributed by atoms with Crippen molar-refractivity contribution in [2.75, 3.05) is 39.9 Å². The van der Waals surface area contributed by atoms with E-state index in [1.807, 2.05) is 0 Å². The molecular weight excluding hydrogens is 286 g/mol. The van der Waals surface area contributed by atoms with Gasteiger partial charge in [-0.2, -0.15) is 0 Å². The number of nitrogens with zero attached hydrogens (tertiary/aromatic N) is 2. The molecule has 5 heteroatoms. The van der Waals surface area contributed by atoms with Crippen molar-refractivity contribution in [3.05, 3.63) is 35.4 Å². The first-order chi connectivity index (χ1) is 10.7. The van der Waals surface area contributed by atoms with E-state index < -0.39 is 11.6 Å². The van der Waals surface area contributed by atoms with E-state index in [9.17, 15) is 8.78 Å². The van der Waals surface area contributed by atoms with Crippen LogP contribution in [0.4, 0.5) is 8.78 Å². The molecule has 1 aromatic carbocycles. The van der Waals surface area contributed by atoms with Crippen molar-refractivity contribution >= 4 is 0 Å². The quantitative estimate of drug-likeness (QED) is 0.831. The van der Waals surface area contributed by atoms with Gasteiger partial charge in [-0.3, -0.25) is 9.80 Å². The van der Waals surface area contributed by atoms with Crippen LogP contribution in [0.2, 0.25) is 0 Å². The normalized spacial score (nSPS) is 26.3. The Balaban J connectivity index is 1.55. The van der Waals surface area contributed by atoms with Gasteiger partial charge in [0.25, 0.3) is 0 Å². The molecule has 2 heterocycles. The number of fused-ring (bicyclic) bond motifs is 1. The molecule has 0 amide bonds. The summed E-state index contributed by atoms with van der Waals surface area (Å²) in [6, 6.07) is 4.89. The van der Waals surface area contributed by atoms with Gasteiger partial charge in [-0.05, 0) is 49.5 Å². The van der Waals surface area contributed by atoms with E-state index in [1.165, 1.54) is 18.6 Å². The fourth-order valence-electron chi connectivity index (χ4n) is 3.88. The van der Waals surface area contributed by atoms with Crippen LogP contribution in [0.5, 0.6) is 0 Å². The lowest BCUT2D eigenvalue weighted by atomic mass is 9.92. The second-order valence-electron chi connectivity index (χ2n) is 6.42. The van der Waals surface area contributed by atoms with Gasteiger partial charge in [-0.1, -0.05) is 6.07 Å². The molecule has 122 valence electrons. The van der Waals surface area contributed by atoms with E-state index in [2.05, 4.69) is 9.80 Å². The third-order valence-corrected chi connectivity index (χ3v) is 5.01. The lowest BCUT2D eigenvalue weighted by molar-refractivity contribution is 0.0856. The van der Waals surface area contributed by atoms with Crippen molar-refractivity contribution in [1.82, 2.24) is 9.80 Å². The molecule has 1 aromatic rings. The molecule has 3 nitrogen and oxygen atoms in total. The minimum Gasteiger partial charge on any atom is -0.383 e. The first-order valence-electron chi connectivity index (χ1n) is 8.06. The van der Waals surface area contributed by atoms with Crippen LogP contribution in [-0.4, -0.2) is 55.7 Å². The Hall–Kier alpha value is -1.04. The van der Waals surface area contributed by atoms with E-state index >= 15 is 0 Å². The number of halogens is 2. The number of likely N-dealkylation sites (tertiary alicyclic amines) is 2. The molecule has 0 radical (unpaired) electrons. The Bertz CT molecular complexity index is 511. The number of hydrogen-bond acceptors (Lipinski definition) is 3. The Morgan fingerprint density at radius 2 is 2.05 bits per heavy atom. The van der Waals surface area contributed by atoms with Crippen molar-refractivity contribution in [1.29, 1.82) is 0 Å². The molecule has 2 aliphatic rings. The van der Waals surface area contributed by atoms with Crippen LogP contribution in [0.15, 0.2) is 18.2 Å². The van der Waals surface area contributed by atoms with Gasteiger partial charge < -0.3 is 4.74 Å². The van der Waals surface area contributed by atoms with Crippen LogP contribution in [0.25, 0.3) is 0 Å². The maximum atomic E-state index is 13.3. The third kappa shape index (κ3) is 3.47. The summed E-state index contributed by atoms with van der Waals surface area (Å²) in [4.78, 5) is 4.91. The lowest BCUT2D eigenvalue weighted by Crippen LogP contribution is -2.46. The van der Waals surface area contributed by atoms with Crippen LogP contribution >= 0.6 is 0 Å². The summed E-state index contributed by atoms with van der Waals surface area (Å²) in [5.41, 5.74) is 0.853. The SMILES string of the molecule is COCCN1CCC2CN(Cc3ccc(F)c(F)c3)CCC21. The average Bonchev–Trinajstić information content (AvgIpc) is 2.91. The van der Waals surface area contributed by atoms with Gasteiger partial charge in [0, 0.05) is 32.8 Å². The molecule has 0 saturated carbocycles. The standard InChI is InChI=1S/C17H24F2N2O/c1-22-9-8-21-7-4-14-12-20(6-5-17(14)21)11-13-2-3-15(18)16(19)10-13/h2-3,10,14,17H,4-9,11-12H2,1H3. The molecule has 0 aliphatic carbocycles. The summed E-state index contributed by atoms with van der Waals surface area (Å²) in [7, 11) is 1.75. The number of methoxy groups -OCH3 is 1. The highest BCUT2D eigenvalue weighted by molar-refractivity contribution is 5.17. The fraction of sp³-hybridized carbons (Fsp3) is 0.647. The molecule has 0 N–H and O–H groups in total. The van der Waals surface area contributed by atoms with Gasteiger partial charge in [0.15, 0.2) is 11.6 Å². The Morgan fingerprint density at radius 3 is 2.82 bits per heavy atom. The molecule has 2 aliphatic heterocycles. The number of ether oxygens (including phenoxy) is 1. The van der Waals surface area contributed by atoms with Crippen molar-refractivity contribution < 1.29 is 13.5 Å². The second kappa shape index (κ2) is 7.02. The summed E-state index contributed by atoms with van der Waals surface area (Å²) in [6.07, 6.45) is 2.38. The van der Waals surface area contributed by atoms with E-state index in [-0.39, 0.29) is 0 Å². The maximum Gasteiger partial charge on any atom is 0.159 e. The highest BCUT2D eigenvalue weighted by atomic mass is 19.2. The third-order valence-electron chi connectivity index (χ3n) is 5.01. The van der Waals surface area contributed by atoms with Crippen molar-refractivity contribution in [3.8, 4) is 0 Å². The van der Waals surface area contributed by atoms with Gasteiger partial charge in [0.1, 0.15) is 0 Å². The van der Waals surface area contributed by atoms with Crippen LogP contribution in [0.1, 0.15) is 18.4 Å². The monoisotopic (exact) mass is 310 g/mol. The molecule has 0 spiro atoms. The highest BCUT2D eigenvalue weighted by Gasteiger charge is 2.37. The molecular formula is C17H24F2N2O. The average molecular weight is 310 g/mol. The summed E-state index contributed by atoms with van der Waals surface area (Å²) in [5, 5.41) is 0. The Kier molecular flexibility index (Phi) is 5.06. The van der Waals surface area contributed by atoms with Crippen LogP contribution in [0.3, 0.4) is 0 Å². The molecule has 0 aromatic heterocycles. The fourth-order valence-corrected chi connectivity index (χ4v) is 3.88. The van der Waals surface area contributed by atoms with Crippen molar-refractivity contribution in [2.24, 2.45) is 5.92 Å². The van der Waals surface area contributed by atoms with Gasteiger partial charge >= 0.3 is 0 Å². The first kappa shape index (κ1) is 15.8. The smallest absolute Gasteiger partial charge is 0.159 e. The van der Waals surface area contributed by atoms with Gasteiger partial charge in [0.05, 0.1) is 6.61 Å². The van der Waals surface area contributed by atoms with E-state index in [0.29, 0.717) is 18.5 Å². The zero-order valence-corrected chi connectivity index (χ0v) is 13.1. The second-order valence-corrected chi connectivity index (χ2v) is 6.42. The summed E-state index contributed by atoms with van der Waals surface area (Å²) < 4.78 is 31.5. The van der Waals surface area contributed by atoms with E-state index in [1.54, 1.807) is 13.2 Å². The van der Waals surface area contributed by atoms with Crippen LogP contribution < -0.4 is 0 Å². The molecule has 2 saturated heterocycles. The number of hydrogen-bond donors (Lipinski definition) is 0. The molecule has 22 heavy (non-hydrogen) atoms. The maximum absolute atomic E-state index is 13.3. The van der Waals surface area contributed by atoms with Gasteiger partial charge in [0.2, 0.25) is 0 Å². The minimum absolute atomic E-state index is 0.663. The van der Waals surface area contributed by atoms with Gasteiger partial charge in [-0.25, -0.2) is 8.78 Å². The first-order valence-corrected chi connectivity index (χ1v) is 8.06.